The number of nitriles is 1. The third-order valence-corrected chi connectivity index (χ3v) is 3.02. The SMILES string of the molecule is CCC(O)(CC)CNC(=O)c1ccc(C#N)cn1. The van der Waals surface area contributed by atoms with Crippen molar-refractivity contribution in [2.45, 2.75) is 32.3 Å². The molecule has 0 spiro atoms. The van der Waals surface area contributed by atoms with E-state index in [-0.39, 0.29) is 18.1 Å². The first-order valence-corrected chi connectivity index (χ1v) is 5.91. The second kappa shape index (κ2) is 6.12. The van der Waals surface area contributed by atoms with Crippen LogP contribution in [0.3, 0.4) is 0 Å². The van der Waals surface area contributed by atoms with E-state index in [9.17, 15) is 9.90 Å². The minimum absolute atomic E-state index is 0.195. The lowest BCUT2D eigenvalue weighted by Gasteiger charge is -2.25. The molecule has 1 aromatic rings. The van der Waals surface area contributed by atoms with Gasteiger partial charge in [-0.05, 0) is 25.0 Å². The van der Waals surface area contributed by atoms with Gasteiger partial charge in [0.15, 0.2) is 0 Å². The highest BCUT2D eigenvalue weighted by atomic mass is 16.3. The van der Waals surface area contributed by atoms with Gasteiger partial charge in [-0.2, -0.15) is 5.26 Å². The molecule has 1 heterocycles. The summed E-state index contributed by atoms with van der Waals surface area (Å²) in [5.74, 6) is -0.347. The van der Waals surface area contributed by atoms with Crippen molar-refractivity contribution in [1.82, 2.24) is 10.3 Å². The summed E-state index contributed by atoms with van der Waals surface area (Å²) in [6, 6.07) is 4.96. The largest absolute Gasteiger partial charge is 0.388 e. The average molecular weight is 247 g/mol. The number of nitrogens with zero attached hydrogens (tertiary/aromatic N) is 2. The van der Waals surface area contributed by atoms with Crippen LogP contribution in [0.15, 0.2) is 18.3 Å². The van der Waals surface area contributed by atoms with Crippen LogP contribution >= 0.6 is 0 Å². The summed E-state index contributed by atoms with van der Waals surface area (Å²) < 4.78 is 0. The smallest absolute Gasteiger partial charge is 0.269 e. The molecule has 5 heteroatoms. The van der Waals surface area contributed by atoms with Crippen LogP contribution in [0.5, 0.6) is 0 Å². The molecule has 1 amide bonds. The fraction of sp³-hybridized carbons (Fsp3) is 0.462. The number of rotatable bonds is 5. The summed E-state index contributed by atoms with van der Waals surface area (Å²) in [6.45, 7) is 3.94. The highest BCUT2D eigenvalue weighted by Crippen LogP contribution is 2.13. The maximum absolute atomic E-state index is 11.8. The van der Waals surface area contributed by atoms with Gasteiger partial charge >= 0.3 is 0 Å². The minimum Gasteiger partial charge on any atom is -0.388 e. The van der Waals surface area contributed by atoms with Crippen molar-refractivity contribution in [3.63, 3.8) is 0 Å². The fourth-order valence-corrected chi connectivity index (χ4v) is 1.43. The van der Waals surface area contributed by atoms with E-state index in [2.05, 4.69) is 10.3 Å². The summed E-state index contributed by atoms with van der Waals surface area (Å²) in [5.41, 5.74) is -0.226. The predicted octanol–water partition coefficient (Wildman–Crippen LogP) is 1.23. The van der Waals surface area contributed by atoms with E-state index >= 15 is 0 Å². The Bertz CT molecular complexity index is 444. The lowest BCUT2D eigenvalue weighted by atomic mass is 9.97. The van der Waals surface area contributed by atoms with Gasteiger partial charge < -0.3 is 10.4 Å². The van der Waals surface area contributed by atoms with Crippen molar-refractivity contribution in [2.75, 3.05) is 6.54 Å². The Morgan fingerprint density at radius 2 is 2.17 bits per heavy atom. The zero-order chi connectivity index (χ0) is 13.6. The van der Waals surface area contributed by atoms with Gasteiger partial charge in [0.25, 0.3) is 5.91 Å². The lowest BCUT2D eigenvalue weighted by molar-refractivity contribution is 0.0313. The molecule has 0 aromatic carbocycles. The van der Waals surface area contributed by atoms with Crippen molar-refractivity contribution < 1.29 is 9.90 Å². The van der Waals surface area contributed by atoms with Crippen molar-refractivity contribution in [1.29, 1.82) is 5.26 Å². The molecule has 0 radical (unpaired) electrons. The van der Waals surface area contributed by atoms with Crippen molar-refractivity contribution >= 4 is 5.91 Å². The quantitative estimate of drug-likeness (QED) is 0.819. The second-order valence-electron chi connectivity index (χ2n) is 4.16. The topological polar surface area (TPSA) is 86.0 Å². The number of hydrogen-bond donors (Lipinski definition) is 2. The predicted molar refractivity (Wildman–Crippen MR) is 66.8 cm³/mol. The molecule has 1 rings (SSSR count). The molecule has 5 nitrogen and oxygen atoms in total. The molecule has 0 unspecified atom stereocenters. The standard InChI is InChI=1S/C13H17N3O2/c1-3-13(18,4-2)9-16-12(17)11-6-5-10(7-14)8-15-11/h5-6,8,18H,3-4,9H2,1-2H3,(H,16,17). The van der Waals surface area contributed by atoms with Crippen molar-refractivity contribution in [3.05, 3.63) is 29.6 Å². The van der Waals surface area contributed by atoms with Gasteiger partial charge in [0, 0.05) is 12.7 Å². The molecule has 0 bridgehead atoms. The van der Waals surface area contributed by atoms with Crippen molar-refractivity contribution in [3.8, 4) is 6.07 Å². The van der Waals surface area contributed by atoms with E-state index in [1.54, 1.807) is 0 Å². The number of aliphatic hydroxyl groups is 1. The molecule has 18 heavy (non-hydrogen) atoms. The number of pyridine rings is 1. The van der Waals surface area contributed by atoms with Crippen molar-refractivity contribution in [2.24, 2.45) is 0 Å². The van der Waals surface area contributed by atoms with Gasteiger partial charge in [-0.25, -0.2) is 4.98 Å². The van der Waals surface area contributed by atoms with E-state index in [4.69, 9.17) is 5.26 Å². The summed E-state index contributed by atoms with van der Waals surface area (Å²) in [4.78, 5) is 15.6. The Morgan fingerprint density at radius 1 is 1.50 bits per heavy atom. The van der Waals surface area contributed by atoms with E-state index in [1.165, 1.54) is 18.3 Å². The second-order valence-corrected chi connectivity index (χ2v) is 4.16. The molecule has 0 saturated heterocycles. The normalized spacial score (nSPS) is 10.8. The van der Waals surface area contributed by atoms with E-state index in [0.29, 0.717) is 18.4 Å². The Kier molecular flexibility index (Phi) is 4.81. The Morgan fingerprint density at radius 3 is 2.61 bits per heavy atom. The summed E-state index contributed by atoms with van der Waals surface area (Å²) in [6.07, 6.45) is 2.50. The maximum atomic E-state index is 11.8. The van der Waals surface area contributed by atoms with Crippen LogP contribution in [0.2, 0.25) is 0 Å². The molecular formula is C13H17N3O2. The van der Waals surface area contributed by atoms with Crippen LogP contribution in [0.4, 0.5) is 0 Å². The number of aromatic nitrogens is 1. The van der Waals surface area contributed by atoms with Gasteiger partial charge in [0.1, 0.15) is 11.8 Å². The molecular weight excluding hydrogens is 230 g/mol. The molecule has 0 saturated carbocycles. The zero-order valence-corrected chi connectivity index (χ0v) is 10.6. The number of hydrogen-bond acceptors (Lipinski definition) is 4. The van der Waals surface area contributed by atoms with Gasteiger partial charge in [-0.1, -0.05) is 13.8 Å². The van der Waals surface area contributed by atoms with Gasteiger partial charge in [-0.3, -0.25) is 4.79 Å². The molecule has 1 aromatic heterocycles. The number of amides is 1. The monoisotopic (exact) mass is 247 g/mol. The molecule has 0 fully saturated rings. The molecule has 0 aliphatic rings. The molecule has 0 atom stereocenters. The first-order valence-electron chi connectivity index (χ1n) is 5.91. The van der Waals surface area contributed by atoms with Crippen LogP contribution in [-0.2, 0) is 0 Å². The van der Waals surface area contributed by atoms with Crippen LogP contribution in [0.25, 0.3) is 0 Å². The number of nitrogens with one attached hydrogen (secondary N) is 1. The minimum atomic E-state index is -0.873. The van der Waals surface area contributed by atoms with Crippen LogP contribution in [-0.4, -0.2) is 28.1 Å². The Hall–Kier alpha value is -1.93. The van der Waals surface area contributed by atoms with Crippen LogP contribution in [0.1, 0.15) is 42.7 Å². The Labute approximate surface area is 106 Å². The number of carbonyl (C=O) groups excluding carboxylic acids is 1. The van der Waals surface area contributed by atoms with Gasteiger partial charge in [0.05, 0.1) is 11.2 Å². The fourth-order valence-electron chi connectivity index (χ4n) is 1.43. The van der Waals surface area contributed by atoms with Crippen LogP contribution in [0, 0.1) is 11.3 Å². The first-order chi connectivity index (χ1) is 8.54. The average Bonchev–Trinajstić information content (AvgIpc) is 2.44. The molecule has 96 valence electrons. The molecule has 2 N–H and O–H groups in total. The van der Waals surface area contributed by atoms with Crippen LogP contribution < -0.4 is 5.32 Å². The zero-order valence-electron chi connectivity index (χ0n) is 10.6. The highest BCUT2D eigenvalue weighted by molar-refractivity contribution is 5.92. The first kappa shape index (κ1) is 14.1. The highest BCUT2D eigenvalue weighted by Gasteiger charge is 2.23. The summed E-state index contributed by atoms with van der Waals surface area (Å²) in [7, 11) is 0. The third-order valence-electron chi connectivity index (χ3n) is 3.02. The van der Waals surface area contributed by atoms with E-state index in [0.717, 1.165) is 0 Å². The van der Waals surface area contributed by atoms with E-state index < -0.39 is 5.60 Å². The summed E-state index contributed by atoms with van der Waals surface area (Å²) >= 11 is 0. The van der Waals surface area contributed by atoms with Gasteiger partial charge in [0.2, 0.25) is 0 Å². The maximum Gasteiger partial charge on any atom is 0.269 e. The van der Waals surface area contributed by atoms with E-state index in [1.807, 2.05) is 19.9 Å². The molecule has 0 aliphatic carbocycles. The van der Waals surface area contributed by atoms with Gasteiger partial charge in [-0.15, -0.1) is 0 Å². The third kappa shape index (κ3) is 3.54. The molecule has 0 aliphatic heterocycles. The number of carbonyl (C=O) groups is 1. The summed E-state index contributed by atoms with van der Waals surface area (Å²) in [5, 5.41) is 21.3. The lowest BCUT2D eigenvalue weighted by Crippen LogP contribution is -2.42. The Balaban J connectivity index is 2.63.